The Balaban J connectivity index is 0.000000994. The molecule has 2 aromatic rings. The van der Waals surface area contributed by atoms with Crippen molar-refractivity contribution in [2.45, 2.75) is 66.3 Å². The van der Waals surface area contributed by atoms with Crippen LogP contribution in [0.15, 0.2) is 47.7 Å². The molecule has 0 amide bonds. The first kappa shape index (κ1) is 20.2. The summed E-state index contributed by atoms with van der Waals surface area (Å²) in [6.45, 7) is 17.7. The zero-order chi connectivity index (χ0) is 22.0. The van der Waals surface area contributed by atoms with Crippen molar-refractivity contribution in [1.82, 2.24) is 9.88 Å². The Morgan fingerprint density at radius 3 is 2.58 bits per heavy atom. The smallest absolute Gasteiger partial charge is 0.128 e. The van der Waals surface area contributed by atoms with Crippen LogP contribution in [0.5, 0.6) is 0 Å². The Hall–Kier alpha value is -2.68. The molecular formula is C28H31FN2. The van der Waals surface area contributed by atoms with Gasteiger partial charge in [-0.1, -0.05) is 39.5 Å². The van der Waals surface area contributed by atoms with Crippen molar-refractivity contribution in [2.75, 3.05) is 0 Å². The number of benzene rings is 1. The molecule has 1 atom stereocenters. The third-order valence-electron chi connectivity index (χ3n) is 7.61. The van der Waals surface area contributed by atoms with Crippen molar-refractivity contribution in [1.29, 1.82) is 0 Å². The van der Waals surface area contributed by atoms with Gasteiger partial charge >= 0.3 is 0 Å². The summed E-state index contributed by atoms with van der Waals surface area (Å²) in [5.74, 6) is 0.214. The van der Waals surface area contributed by atoms with Crippen LogP contribution >= 0.6 is 0 Å². The van der Waals surface area contributed by atoms with Gasteiger partial charge in [-0.25, -0.2) is 9.37 Å². The normalized spacial score (nSPS) is 21.4. The van der Waals surface area contributed by atoms with Gasteiger partial charge in [0.25, 0.3) is 0 Å². The van der Waals surface area contributed by atoms with Crippen LogP contribution in [0.25, 0.3) is 16.6 Å². The molecule has 2 aliphatic carbocycles. The molecule has 160 valence electrons. The first-order valence-corrected chi connectivity index (χ1v) is 11.7. The average molecular weight is 415 g/mol. The SMILES string of the molecule is C=C1CCC2=C(C=C3c4nc5cc(F)c(C)c6c5c(c4CN3C2=C)CCC6)C1C.CC. The Labute approximate surface area is 184 Å². The molecule has 3 heterocycles. The van der Waals surface area contributed by atoms with Crippen LogP contribution in [0.4, 0.5) is 4.39 Å². The Bertz CT molecular complexity index is 1230. The van der Waals surface area contributed by atoms with Gasteiger partial charge in [0.15, 0.2) is 0 Å². The molecule has 1 unspecified atom stereocenters. The molecule has 31 heavy (non-hydrogen) atoms. The van der Waals surface area contributed by atoms with Gasteiger partial charge in [0.1, 0.15) is 5.82 Å². The minimum atomic E-state index is -0.133. The van der Waals surface area contributed by atoms with E-state index in [9.17, 15) is 4.39 Å². The van der Waals surface area contributed by atoms with Gasteiger partial charge in [0.05, 0.1) is 23.5 Å². The molecular weight excluding hydrogens is 383 g/mol. The third kappa shape index (κ3) is 2.71. The van der Waals surface area contributed by atoms with Gasteiger partial charge in [-0.05, 0) is 72.9 Å². The monoisotopic (exact) mass is 414 g/mol. The molecule has 0 radical (unpaired) electrons. The number of aryl methyl sites for hydroxylation is 2. The number of nitrogens with zero attached hydrogens (tertiary/aromatic N) is 2. The van der Waals surface area contributed by atoms with E-state index in [-0.39, 0.29) is 5.82 Å². The lowest BCUT2D eigenvalue weighted by Gasteiger charge is -2.36. The summed E-state index contributed by atoms with van der Waals surface area (Å²) in [6.07, 6.45) is 7.44. The maximum Gasteiger partial charge on any atom is 0.128 e. The molecule has 4 aliphatic rings. The molecule has 0 N–H and O–H groups in total. The Morgan fingerprint density at radius 1 is 1.06 bits per heavy atom. The molecule has 2 nitrogen and oxygen atoms in total. The first-order valence-electron chi connectivity index (χ1n) is 11.7. The lowest BCUT2D eigenvalue weighted by Crippen LogP contribution is -2.24. The molecule has 0 spiro atoms. The highest BCUT2D eigenvalue weighted by molar-refractivity contribution is 5.92. The van der Waals surface area contributed by atoms with E-state index in [0.717, 1.165) is 72.4 Å². The number of allylic oxidation sites excluding steroid dienone is 4. The van der Waals surface area contributed by atoms with Gasteiger partial charge in [0, 0.05) is 28.6 Å². The van der Waals surface area contributed by atoms with Crippen molar-refractivity contribution in [3.8, 4) is 0 Å². The number of aromatic nitrogens is 1. The standard InChI is InChI=1S/C26H25FN2.C2H6/c1-13-8-9-18-16(4)29-12-21-19-7-5-6-17-15(3)22(27)11-23(25(17)19)28-26(21)24(29)10-20(18)14(13)2;1-2/h10-11,14H,1,4-9,12H2,2-3H3;1-2H3. The highest BCUT2D eigenvalue weighted by Gasteiger charge is 2.38. The predicted octanol–water partition coefficient (Wildman–Crippen LogP) is 7.16. The topological polar surface area (TPSA) is 16.1 Å². The molecule has 0 saturated carbocycles. The molecule has 2 aliphatic heterocycles. The quantitative estimate of drug-likeness (QED) is 0.425. The Morgan fingerprint density at radius 2 is 1.81 bits per heavy atom. The molecule has 3 heteroatoms. The predicted molar refractivity (Wildman–Crippen MR) is 127 cm³/mol. The number of fused-ring (bicyclic) bond motifs is 4. The van der Waals surface area contributed by atoms with Crippen LogP contribution in [0.2, 0.25) is 0 Å². The maximum absolute atomic E-state index is 14.6. The second-order valence-corrected chi connectivity index (χ2v) is 9.00. The Kier molecular flexibility index (Phi) is 4.69. The van der Waals surface area contributed by atoms with Gasteiger partial charge in [-0.15, -0.1) is 0 Å². The largest absolute Gasteiger partial charge is 0.335 e. The summed E-state index contributed by atoms with van der Waals surface area (Å²) in [7, 11) is 0. The van der Waals surface area contributed by atoms with E-state index in [1.165, 1.54) is 33.2 Å². The highest BCUT2D eigenvalue weighted by atomic mass is 19.1. The summed E-state index contributed by atoms with van der Waals surface area (Å²) >= 11 is 0. The lowest BCUT2D eigenvalue weighted by molar-refractivity contribution is 0.494. The summed E-state index contributed by atoms with van der Waals surface area (Å²) in [4.78, 5) is 7.36. The number of pyridine rings is 1. The summed E-state index contributed by atoms with van der Waals surface area (Å²) in [5.41, 5.74) is 12.8. The van der Waals surface area contributed by atoms with E-state index < -0.39 is 0 Å². The molecule has 6 rings (SSSR count). The summed E-state index contributed by atoms with van der Waals surface area (Å²) in [6, 6.07) is 1.64. The van der Waals surface area contributed by atoms with Crippen LogP contribution in [-0.2, 0) is 19.4 Å². The lowest BCUT2D eigenvalue weighted by atomic mass is 9.78. The second kappa shape index (κ2) is 7.19. The average Bonchev–Trinajstić information content (AvgIpc) is 3.15. The molecule has 0 saturated heterocycles. The minimum absolute atomic E-state index is 0.133. The van der Waals surface area contributed by atoms with Gasteiger partial charge in [-0.3, -0.25) is 0 Å². The van der Waals surface area contributed by atoms with Crippen LogP contribution < -0.4 is 0 Å². The number of halogens is 1. The van der Waals surface area contributed by atoms with Crippen molar-refractivity contribution < 1.29 is 4.39 Å². The van der Waals surface area contributed by atoms with Gasteiger partial charge in [-0.2, -0.15) is 0 Å². The first-order chi connectivity index (χ1) is 15.0. The fraction of sp³-hybridized carbons (Fsp3) is 0.393. The van der Waals surface area contributed by atoms with Gasteiger partial charge in [0.2, 0.25) is 0 Å². The number of rotatable bonds is 0. The molecule has 0 bridgehead atoms. The molecule has 1 aromatic carbocycles. The highest BCUT2D eigenvalue weighted by Crippen LogP contribution is 2.49. The van der Waals surface area contributed by atoms with Crippen molar-refractivity contribution in [3.05, 3.63) is 81.5 Å². The summed E-state index contributed by atoms with van der Waals surface area (Å²) < 4.78 is 14.6. The second-order valence-electron chi connectivity index (χ2n) is 9.00. The van der Waals surface area contributed by atoms with E-state index in [4.69, 9.17) is 4.98 Å². The van der Waals surface area contributed by atoms with E-state index in [2.05, 4.69) is 31.1 Å². The maximum atomic E-state index is 14.6. The number of hydrogen-bond donors (Lipinski definition) is 0. The van der Waals surface area contributed by atoms with Crippen LogP contribution in [-0.4, -0.2) is 9.88 Å². The third-order valence-corrected chi connectivity index (χ3v) is 7.61. The summed E-state index contributed by atoms with van der Waals surface area (Å²) in [5, 5.41) is 1.21. The van der Waals surface area contributed by atoms with E-state index in [1.54, 1.807) is 6.07 Å². The molecule has 1 aromatic heterocycles. The van der Waals surface area contributed by atoms with E-state index >= 15 is 0 Å². The van der Waals surface area contributed by atoms with Crippen LogP contribution in [0.1, 0.15) is 68.0 Å². The minimum Gasteiger partial charge on any atom is -0.335 e. The van der Waals surface area contributed by atoms with Crippen LogP contribution in [0, 0.1) is 18.7 Å². The zero-order valence-electron chi connectivity index (χ0n) is 19.2. The van der Waals surface area contributed by atoms with Crippen molar-refractivity contribution in [3.63, 3.8) is 0 Å². The van der Waals surface area contributed by atoms with E-state index in [1.807, 2.05) is 20.8 Å². The fourth-order valence-electron chi connectivity index (χ4n) is 5.82. The zero-order valence-corrected chi connectivity index (χ0v) is 19.2. The van der Waals surface area contributed by atoms with Gasteiger partial charge < -0.3 is 4.90 Å². The molecule has 0 fully saturated rings. The van der Waals surface area contributed by atoms with Crippen molar-refractivity contribution in [2.24, 2.45) is 5.92 Å². The number of hydrogen-bond acceptors (Lipinski definition) is 2. The van der Waals surface area contributed by atoms with E-state index in [0.29, 0.717) is 5.92 Å². The fourth-order valence-corrected chi connectivity index (χ4v) is 5.82. The van der Waals surface area contributed by atoms with Crippen LogP contribution in [0.3, 0.4) is 0 Å². The van der Waals surface area contributed by atoms with Crippen molar-refractivity contribution >= 4 is 16.6 Å².